The number of hydrogen-bond acceptors (Lipinski definition) is 3. The molecule has 0 rings (SSSR count). The smallest absolute Gasteiger partial charge is 0.220 e. The highest BCUT2D eigenvalue weighted by molar-refractivity contribution is 5.75. The van der Waals surface area contributed by atoms with Crippen molar-refractivity contribution < 1.29 is 14.6 Å². The number of nitrogens with one attached hydrogen (secondary N) is 1. The Labute approximate surface area is 92.0 Å². The summed E-state index contributed by atoms with van der Waals surface area (Å²) in [6.45, 7) is 6.10. The minimum absolute atomic E-state index is 0.0291. The van der Waals surface area contributed by atoms with Crippen LogP contribution in [0.25, 0.3) is 0 Å². The molecule has 2 atom stereocenters. The first-order valence-corrected chi connectivity index (χ1v) is 5.45. The van der Waals surface area contributed by atoms with Crippen molar-refractivity contribution in [2.45, 2.75) is 45.8 Å². The number of rotatable bonds is 7. The third kappa shape index (κ3) is 7.33. The molecular weight excluding hydrogens is 194 g/mol. The van der Waals surface area contributed by atoms with Crippen molar-refractivity contribution in [3.63, 3.8) is 0 Å². The minimum Gasteiger partial charge on any atom is -0.391 e. The van der Waals surface area contributed by atoms with Gasteiger partial charge in [0, 0.05) is 20.1 Å². The normalized spacial score (nSPS) is 15.1. The lowest BCUT2D eigenvalue weighted by Gasteiger charge is -2.15. The highest BCUT2D eigenvalue weighted by Gasteiger charge is 2.11. The number of carbonyl (C=O) groups is 1. The topological polar surface area (TPSA) is 58.6 Å². The minimum atomic E-state index is -0.464. The number of aliphatic hydroxyl groups is 1. The summed E-state index contributed by atoms with van der Waals surface area (Å²) in [4.78, 5) is 11.3. The molecule has 0 saturated carbocycles. The highest BCUT2D eigenvalue weighted by atomic mass is 16.5. The van der Waals surface area contributed by atoms with Gasteiger partial charge in [-0.1, -0.05) is 13.8 Å². The van der Waals surface area contributed by atoms with Crippen LogP contribution >= 0.6 is 0 Å². The molecule has 0 bridgehead atoms. The van der Waals surface area contributed by atoms with Crippen LogP contribution in [0, 0.1) is 5.92 Å². The fourth-order valence-corrected chi connectivity index (χ4v) is 0.995. The Bertz CT molecular complexity index is 183. The predicted octanol–water partition coefficient (Wildman–Crippen LogP) is 0.935. The number of aliphatic hydroxyl groups excluding tert-OH is 1. The summed E-state index contributed by atoms with van der Waals surface area (Å²) in [6.07, 6.45) is 0.791. The van der Waals surface area contributed by atoms with Crippen LogP contribution in [0.3, 0.4) is 0 Å². The van der Waals surface area contributed by atoms with Gasteiger partial charge in [0.15, 0.2) is 0 Å². The van der Waals surface area contributed by atoms with E-state index in [4.69, 9.17) is 4.74 Å². The van der Waals surface area contributed by atoms with E-state index in [0.717, 1.165) is 0 Å². The summed E-state index contributed by atoms with van der Waals surface area (Å²) in [5.74, 6) is 0.141. The summed E-state index contributed by atoms with van der Waals surface area (Å²) in [5.41, 5.74) is 0. The lowest BCUT2D eigenvalue weighted by Crippen LogP contribution is -2.34. The fraction of sp³-hybridized carbons (Fsp3) is 0.909. The lowest BCUT2D eigenvalue weighted by molar-refractivity contribution is -0.122. The summed E-state index contributed by atoms with van der Waals surface area (Å²) in [6, 6.07) is 0. The van der Waals surface area contributed by atoms with Gasteiger partial charge in [-0.25, -0.2) is 0 Å². The Kier molecular flexibility index (Phi) is 7.34. The van der Waals surface area contributed by atoms with Gasteiger partial charge in [0.05, 0.1) is 12.2 Å². The van der Waals surface area contributed by atoms with E-state index in [9.17, 15) is 9.90 Å². The van der Waals surface area contributed by atoms with E-state index in [0.29, 0.717) is 19.4 Å². The fourth-order valence-electron chi connectivity index (χ4n) is 0.995. The van der Waals surface area contributed by atoms with E-state index < -0.39 is 6.10 Å². The Morgan fingerprint density at radius 1 is 1.40 bits per heavy atom. The van der Waals surface area contributed by atoms with Crippen LogP contribution in [-0.2, 0) is 9.53 Å². The largest absolute Gasteiger partial charge is 0.391 e. The molecule has 0 radical (unpaired) electrons. The first-order valence-electron chi connectivity index (χ1n) is 5.45. The quantitative estimate of drug-likeness (QED) is 0.667. The molecule has 0 aliphatic rings. The van der Waals surface area contributed by atoms with Crippen LogP contribution in [0.1, 0.15) is 33.6 Å². The highest BCUT2D eigenvalue weighted by Crippen LogP contribution is 2.01. The number of hydrogen-bond donors (Lipinski definition) is 2. The monoisotopic (exact) mass is 217 g/mol. The molecule has 90 valence electrons. The van der Waals surface area contributed by atoms with Crippen molar-refractivity contribution in [1.29, 1.82) is 0 Å². The molecule has 4 nitrogen and oxygen atoms in total. The maximum absolute atomic E-state index is 11.3. The van der Waals surface area contributed by atoms with Gasteiger partial charge in [-0.05, 0) is 19.3 Å². The average Bonchev–Trinajstić information content (AvgIpc) is 2.21. The van der Waals surface area contributed by atoms with Crippen LogP contribution < -0.4 is 5.32 Å². The number of carbonyl (C=O) groups excluding carboxylic acids is 1. The first kappa shape index (κ1) is 14.4. The van der Waals surface area contributed by atoms with Crippen LogP contribution in [0.4, 0.5) is 0 Å². The summed E-state index contributed by atoms with van der Waals surface area (Å²) < 4.78 is 5.03. The molecule has 0 aliphatic carbocycles. The van der Waals surface area contributed by atoms with Crippen molar-refractivity contribution in [3.8, 4) is 0 Å². The number of ether oxygens (including phenoxy) is 1. The van der Waals surface area contributed by atoms with Crippen LogP contribution in [0.5, 0.6) is 0 Å². The second kappa shape index (κ2) is 7.65. The van der Waals surface area contributed by atoms with Crippen molar-refractivity contribution in [2.75, 3.05) is 13.7 Å². The van der Waals surface area contributed by atoms with E-state index in [-0.39, 0.29) is 17.9 Å². The van der Waals surface area contributed by atoms with Crippen molar-refractivity contribution in [2.24, 2.45) is 5.92 Å². The summed E-state index contributed by atoms with van der Waals surface area (Å²) >= 11 is 0. The second-order valence-electron chi connectivity index (χ2n) is 4.20. The third-order valence-corrected chi connectivity index (χ3v) is 2.46. The molecule has 0 spiro atoms. The first-order chi connectivity index (χ1) is 6.97. The number of methoxy groups -OCH3 is 1. The molecular formula is C11H23NO3. The maximum atomic E-state index is 11.3. The van der Waals surface area contributed by atoms with Crippen LogP contribution in [0.2, 0.25) is 0 Å². The molecule has 0 aromatic rings. The molecule has 0 fully saturated rings. The molecule has 0 heterocycles. The Balaban J connectivity index is 3.58. The zero-order valence-electron chi connectivity index (χ0n) is 10.1. The molecule has 0 aromatic carbocycles. The van der Waals surface area contributed by atoms with Gasteiger partial charge in [0.1, 0.15) is 0 Å². The molecule has 2 N–H and O–H groups in total. The van der Waals surface area contributed by atoms with Crippen molar-refractivity contribution >= 4 is 5.91 Å². The molecule has 0 aromatic heterocycles. The third-order valence-electron chi connectivity index (χ3n) is 2.46. The maximum Gasteiger partial charge on any atom is 0.220 e. The molecule has 1 amide bonds. The van der Waals surface area contributed by atoms with E-state index >= 15 is 0 Å². The van der Waals surface area contributed by atoms with Gasteiger partial charge in [-0.3, -0.25) is 4.79 Å². The number of amides is 1. The summed E-state index contributed by atoms with van der Waals surface area (Å²) in [7, 11) is 1.63. The van der Waals surface area contributed by atoms with Gasteiger partial charge in [-0.2, -0.15) is 0 Å². The average molecular weight is 217 g/mol. The van der Waals surface area contributed by atoms with Crippen LogP contribution in [0.15, 0.2) is 0 Å². The molecule has 4 heteroatoms. The van der Waals surface area contributed by atoms with Crippen molar-refractivity contribution in [1.82, 2.24) is 5.32 Å². The van der Waals surface area contributed by atoms with E-state index in [1.165, 1.54) is 0 Å². The standard InChI is InChI=1S/C11H23NO3/c1-8(2)10(13)7-12-11(14)6-5-9(3)15-4/h8-10,13H,5-7H2,1-4H3,(H,12,14). The Morgan fingerprint density at radius 3 is 2.47 bits per heavy atom. The van der Waals surface area contributed by atoms with Gasteiger partial charge in [0.25, 0.3) is 0 Å². The van der Waals surface area contributed by atoms with Gasteiger partial charge < -0.3 is 15.2 Å². The lowest BCUT2D eigenvalue weighted by atomic mass is 10.1. The molecule has 15 heavy (non-hydrogen) atoms. The zero-order valence-corrected chi connectivity index (χ0v) is 10.1. The van der Waals surface area contributed by atoms with Gasteiger partial charge in [-0.15, -0.1) is 0 Å². The van der Waals surface area contributed by atoms with Gasteiger partial charge in [0.2, 0.25) is 5.91 Å². The predicted molar refractivity (Wildman–Crippen MR) is 59.6 cm³/mol. The van der Waals surface area contributed by atoms with E-state index in [1.807, 2.05) is 20.8 Å². The summed E-state index contributed by atoms with van der Waals surface area (Å²) in [5, 5.41) is 12.2. The zero-order chi connectivity index (χ0) is 11.8. The Morgan fingerprint density at radius 2 is 2.00 bits per heavy atom. The molecule has 2 unspecified atom stereocenters. The molecule has 0 aliphatic heterocycles. The van der Waals surface area contributed by atoms with E-state index in [2.05, 4.69) is 5.32 Å². The van der Waals surface area contributed by atoms with Gasteiger partial charge >= 0.3 is 0 Å². The van der Waals surface area contributed by atoms with Crippen LogP contribution in [-0.4, -0.2) is 36.9 Å². The Hall–Kier alpha value is -0.610. The van der Waals surface area contributed by atoms with Crippen molar-refractivity contribution in [3.05, 3.63) is 0 Å². The second-order valence-corrected chi connectivity index (χ2v) is 4.20. The SMILES string of the molecule is COC(C)CCC(=O)NCC(O)C(C)C. The molecule has 0 saturated heterocycles. The van der Waals surface area contributed by atoms with E-state index in [1.54, 1.807) is 7.11 Å².